The van der Waals surface area contributed by atoms with Crippen molar-refractivity contribution in [2.45, 2.75) is 63.3 Å². The first kappa shape index (κ1) is 21.9. The van der Waals surface area contributed by atoms with Crippen molar-refractivity contribution in [1.29, 1.82) is 0 Å². The van der Waals surface area contributed by atoms with Crippen LogP contribution in [-0.4, -0.2) is 42.7 Å². The Morgan fingerprint density at radius 2 is 1.97 bits per heavy atom. The van der Waals surface area contributed by atoms with Gasteiger partial charge in [0.2, 0.25) is 15.9 Å². The normalized spacial score (nSPS) is 18.1. The molecule has 0 spiro atoms. The zero-order valence-electron chi connectivity index (χ0n) is 17.4. The van der Waals surface area contributed by atoms with E-state index in [-0.39, 0.29) is 16.2 Å². The maximum Gasteiger partial charge on any atom is 0.243 e. The monoisotopic (exact) mass is 435 g/mol. The highest BCUT2D eigenvalue weighted by Crippen LogP contribution is 2.28. The highest BCUT2D eigenvalue weighted by molar-refractivity contribution is 7.89. The van der Waals surface area contributed by atoms with Crippen molar-refractivity contribution in [3.63, 3.8) is 0 Å². The van der Waals surface area contributed by atoms with Gasteiger partial charge in [-0.3, -0.25) is 4.79 Å². The van der Waals surface area contributed by atoms with Gasteiger partial charge in [-0.1, -0.05) is 32.9 Å². The molecule has 8 heteroatoms. The second-order valence-electron chi connectivity index (χ2n) is 8.45. The average Bonchev–Trinajstić information content (AvgIpc) is 3.30. The van der Waals surface area contributed by atoms with Gasteiger partial charge < -0.3 is 5.32 Å². The molecule has 158 valence electrons. The van der Waals surface area contributed by atoms with Crippen molar-refractivity contribution in [2.24, 2.45) is 0 Å². The van der Waals surface area contributed by atoms with Crippen molar-refractivity contribution in [1.82, 2.24) is 14.6 Å². The van der Waals surface area contributed by atoms with E-state index in [2.05, 4.69) is 31.1 Å². The van der Waals surface area contributed by atoms with E-state index >= 15 is 0 Å². The van der Waals surface area contributed by atoms with E-state index in [9.17, 15) is 13.2 Å². The second kappa shape index (κ2) is 8.53. The molecule has 1 aliphatic rings. The smallest absolute Gasteiger partial charge is 0.243 e. The van der Waals surface area contributed by atoms with Gasteiger partial charge in [-0.05, 0) is 42.9 Å². The molecular formula is C21H29N3O3S2. The number of thiazole rings is 1. The van der Waals surface area contributed by atoms with Gasteiger partial charge in [-0.15, -0.1) is 11.3 Å². The van der Waals surface area contributed by atoms with Gasteiger partial charge in [0.25, 0.3) is 0 Å². The first-order valence-corrected chi connectivity index (χ1v) is 12.2. The molecule has 0 bridgehead atoms. The molecule has 2 heterocycles. The van der Waals surface area contributed by atoms with Crippen molar-refractivity contribution in [3.05, 3.63) is 45.9 Å². The SMILES string of the molecule is Cc1nc(CCNC(=O)[C@H]2CCCN2S(=O)(=O)c2ccc(C(C)(C)C)cc2)cs1. The van der Waals surface area contributed by atoms with Crippen molar-refractivity contribution in [3.8, 4) is 0 Å². The lowest BCUT2D eigenvalue weighted by atomic mass is 9.87. The van der Waals surface area contributed by atoms with Crippen molar-refractivity contribution >= 4 is 27.3 Å². The van der Waals surface area contributed by atoms with Crippen LogP contribution in [0.5, 0.6) is 0 Å². The third-order valence-corrected chi connectivity index (χ3v) is 7.92. The number of benzene rings is 1. The molecule has 1 fully saturated rings. The van der Waals surface area contributed by atoms with E-state index < -0.39 is 16.1 Å². The Bertz CT molecular complexity index is 960. The molecule has 1 atom stereocenters. The first-order valence-electron chi connectivity index (χ1n) is 9.90. The number of rotatable bonds is 6. The predicted molar refractivity (Wildman–Crippen MR) is 116 cm³/mol. The molecule has 6 nitrogen and oxygen atoms in total. The molecule has 1 aromatic heterocycles. The van der Waals surface area contributed by atoms with Crippen LogP contribution in [0.25, 0.3) is 0 Å². The summed E-state index contributed by atoms with van der Waals surface area (Å²) in [7, 11) is -3.71. The zero-order chi connectivity index (χ0) is 21.2. The Morgan fingerprint density at radius 1 is 1.28 bits per heavy atom. The number of carbonyl (C=O) groups is 1. The fourth-order valence-corrected chi connectivity index (χ4v) is 5.81. The van der Waals surface area contributed by atoms with Gasteiger partial charge in [0.15, 0.2) is 0 Å². The van der Waals surface area contributed by atoms with Gasteiger partial charge in [0.05, 0.1) is 15.6 Å². The predicted octanol–water partition coefficient (Wildman–Crippen LogP) is 3.26. The van der Waals surface area contributed by atoms with Crippen LogP contribution in [0, 0.1) is 6.92 Å². The first-order chi connectivity index (χ1) is 13.6. The van der Waals surface area contributed by atoms with Gasteiger partial charge in [0.1, 0.15) is 6.04 Å². The summed E-state index contributed by atoms with van der Waals surface area (Å²) in [4.78, 5) is 17.3. The number of hydrogen-bond donors (Lipinski definition) is 1. The molecule has 0 unspecified atom stereocenters. The Hall–Kier alpha value is -1.77. The topological polar surface area (TPSA) is 79.4 Å². The van der Waals surface area contributed by atoms with Crippen LogP contribution in [-0.2, 0) is 26.7 Å². The average molecular weight is 436 g/mol. The number of sulfonamides is 1. The maximum atomic E-state index is 13.1. The molecule has 3 rings (SSSR count). The highest BCUT2D eigenvalue weighted by atomic mass is 32.2. The molecule has 0 saturated carbocycles. The van der Waals surface area contributed by atoms with Gasteiger partial charge in [-0.25, -0.2) is 13.4 Å². The number of nitrogens with one attached hydrogen (secondary N) is 1. The lowest BCUT2D eigenvalue weighted by molar-refractivity contribution is -0.124. The molecule has 1 amide bonds. The third-order valence-electron chi connectivity index (χ3n) is 5.18. The Balaban J connectivity index is 1.67. The molecule has 1 N–H and O–H groups in total. The number of aromatic nitrogens is 1. The molecule has 1 aromatic carbocycles. The molecular weight excluding hydrogens is 406 g/mol. The van der Waals surface area contributed by atoms with Crippen LogP contribution in [0.3, 0.4) is 0 Å². The second-order valence-corrected chi connectivity index (χ2v) is 11.4. The van der Waals surface area contributed by atoms with E-state index in [1.54, 1.807) is 23.5 Å². The van der Waals surface area contributed by atoms with Crippen LogP contribution in [0.2, 0.25) is 0 Å². The van der Waals surface area contributed by atoms with Crippen LogP contribution in [0.15, 0.2) is 34.5 Å². The van der Waals surface area contributed by atoms with Crippen LogP contribution >= 0.6 is 11.3 Å². The summed E-state index contributed by atoms with van der Waals surface area (Å²) < 4.78 is 27.6. The van der Waals surface area contributed by atoms with E-state index in [1.807, 2.05) is 24.4 Å². The lowest BCUT2D eigenvalue weighted by Crippen LogP contribution is -2.46. The van der Waals surface area contributed by atoms with Crippen molar-refractivity contribution in [2.75, 3.05) is 13.1 Å². The van der Waals surface area contributed by atoms with Crippen LogP contribution < -0.4 is 5.32 Å². The minimum atomic E-state index is -3.71. The molecule has 0 radical (unpaired) electrons. The van der Waals surface area contributed by atoms with Crippen LogP contribution in [0.4, 0.5) is 0 Å². The van der Waals surface area contributed by atoms with Crippen LogP contribution in [0.1, 0.15) is 49.9 Å². The molecule has 0 aliphatic carbocycles. The summed E-state index contributed by atoms with van der Waals surface area (Å²) in [6, 6.07) is 6.35. The summed E-state index contributed by atoms with van der Waals surface area (Å²) in [6.07, 6.45) is 1.87. The number of amides is 1. The Labute approximate surface area is 177 Å². The van der Waals surface area contributed by atoms with Gasteiger partial charge >= 0.3 is 0 Å². The summed E-state index contributed by atoms with van der Waals surface area (Å²) in [6.45, 7) is 9.03. The molecule has 29 heavy (non-hydrogen) atoms. The summed E-state index contributed by atoms with van der Waals surface area (Å²) >= 11 is 1.58. The minimum absolute atomic E-state index is 0.0474. The minimum Gasteiger partial charge on any atom is -0.354 e. The zero-order valence-corrected chi connectivity index (χ0v) is 19.1. The fourth-order valence-electron chi connectivity index (χ4n) is 3.51. The van der Waals surface area contributed by atoms with E-state index in [1.165, 1.54) is 4.31 Å². The van der Waals surface area contributed by atoms with E-state index in [0.29, 0.717) is 32.4 Å². The number of carbonyl (C=O) groups excluding carboxylic acids is 1. The number of aryl methyl sites for hydroxylation is 1. The summed E-state index contributed by atoms with van der Waals surface area (Å²) in [5.74, 6) is -0.232. The van der Waals surface area contributed by atoms with E-state index in [0.717, 1.165) is 16.3 Å². The Morgan fingerprint density at radius 3 is 2.55 bits per heavy atom. The van der Waals surface area contributed by atoms with Gasteiger partial charge in [-0.2, -0.15) is 4.31 Å². The molecule has 2 aromatic rings. The summed E-state index contributed by atoms with van der Waals surface area (Å²) in [5.41, 5.74) is 1.97. The Kier molecular flexibility index (Phi) is 6.45. The lowest BCUT2D eigenvalue weighted by Gasteiger charge is -2.24. The number of nitrogens with zero attached hydrogens (tertiary/aromatic N) is 2. The number of hydrogen-bond acceptors (Lipinski definition) is 5. The molecule has 1 saturated heterocycles. The van der Waals surface area contributed by atoms with Crippen molar-refractivity contribution < 1.29 is 13.2 Å². The quantitative estimate of drug-likeness (QED) is 0.755. The third kappa shape index (κ3) is 5.05. The van der Waals surface area contributed by atoms with E-state index in [4.69, 9.17) is 0 Å². The molecule has 1 aliphatic heterocycles. The fraction of sp³-hybridized carbons (Fsp3) is 0.524. The largest absolute Gasteiger partial charge is 0.354 e. The van der Waals surface area contributed by atoms with Gasteiger partial charge in [0, 0.05) is 24.9 Å². The standard InChI is InChI=1S/C21H29N3O3S2/c1-15-23-17(14-28-15)11-12-22-20(25)19-6-5-13-24(19)29(26,27)18-9-7-16(8-10-18)21(2,3)4/h7-10,14,19H,5-6,11-13H2,1-4H3,(H,22,25)/t19-/m1/s1. The maximum absolute atomic E-state index is 13.1. The highest BCUT2D eigenvalue weighted by Gasteiger charge is 2.39. The summed E-state index contributed by atoms with van der Waals surface area (Å²) in [5, 5.41) is 5.86.